The molecule has 0 unspecified atom stereocenters. The van der Waals surface area contributed by atoms with E-state index in [9.17, 15) is 9.59 Å². The van der Waals surface area contributed by atoms with Crippen molar-refractivity contribution in [3.8, 4) is 22.6 Å². The molecule has 3 N–H and O–H groups in total. The third kappa shape index (κ3) is 8.34. The summed E-state index contributed by atoms with van der Waals surface area (Å²) in [6.07, 6.45) is 1.51. The van der Waals surface area contributed by atoms with Crippen LogP contribution in [0, 0.1) is 0 Å². The molecule has 252 valence electrons. The normalized spacial score (nSPS) is 17.8. The molecule has 2 amide bonds. The lowest BCUT2D eigenvalue weighted by Gasteiger charge is -2.20. The van der Waals surface area contributed by atoms with Gasteiger partial charge in [0.15, 0.2) is 12.1 Å². The number of hydrogen-bond donors (Lipinski definition) is 3. The van der Waals surface area contributed by atoms with Gasteiger partial charge in [-0.15, -0.1) is 0 Å². The Morgan fingerprint density at radius 1 is 0.979 bits per heavy atom. The summed E-state index contributed by atoms with van der Waals surface area (Å²) in [5.74, 6) is 1.97. The Balaban J connectivity index is 1.07. The van der Waals surface area contributed by atoms with Gasteiger partial charge in [0.2, 0.25) is 5.91 Å². The van der Waals surface area contributed by atoms with Crippen molar-refractivity contribution in [1.82, 2.24) is 15.5 Å². The van der Waals surface area contributed by atoms with Crippen LogP contribution in [0.5, 0.6) is 11.5 Å². The Labute approximate surface area is 280 Å². The molecule has 48 heavy (non-hydrogen) atoms. The number of aromatic nitrogens is 2. The number of aromatic amines is 1. The average Bonchev–Trinajstić information content (AvgIpc) is 3.87. The molecule has 2 heterocycles. The first kappa shape index (κ1) is 33.0. The molecule has 1 aliphatic carbocycles. The molecule has 2 atom stereocenters. The number of amides is 2. The van der Waals surface area contributed by atoms with E-state index in [1.165, 1.54) is 0 Å². The Bertz CT molecular complexity index is 1680. The minimum Gasteiger partial charge on any atom is -0.497 e. The quantitative estimate of drug-likeness (QED) is 0.155. The smallest absolute Gasteiger partial charge is 0.407 e. The van der Waals surface area contributed by atoms with Gasteiger partial charge in [-0.25, -0.2) is 4.79 Å². The van der Waals surface area contributed by atoms with Crippen molar-refractivity contribution in [3.63, 3.8) is 0 Å². The number of hydrogen-bond acceptors (Lipinski definition) is 8. The first-order valence-corrected chi connectivity index (χ1v) is 16.4. The van der Waals surface area contributed by atoms with E-state index in [4.69, 9.17) is 23.7 Å². The number of H-pyrrole nitrogens is 1. The van der Waals surface area contributed by atoms with Crippen molar-refractivity contribution in [3.05, 3.63) is 95.2 Å². The third-order valence-electron chi connectivity index (χ3n) is 8.48. The minimum atomic E-state index is -0.539. The highest BCUT2D eigenvalue weighted by Gasteiger charge is 2.30. The van der Waals surface area contributed by atoms with Crippen molar-refractivity contribution in [2.24, 2.45) is 0 Å². The number of carbonyl (C=O) groups excluding carboxylic acids is 2. The van der Waals surface area contributed by atoms with E-state index in [1.54, 1.807) is 7.11 Å². The Kier molecular flexibility index (Phi) is 10.6. The molecule has 11 heteroatoms. The van der Waals surface area contributed by atoms with Crippen LogP contribution in [-0.2, 0) is 32.0 Å². The first-order valence-electron chi connectivity index (χ1n) is 16.4. The molecular weight excluding hydrogens is 612 g/mol. The van der Waals surface area contributed by atoms with Crippen molar-refractivity contribution >= 4 is 17.8 Å². The Morgan fingerprint density at radius 3 is 2.46 bits per heavy atom. The zero-order valence-corrected chi connectivity index (χ0v) is 27.5. The summed E-state index contributed by atoms with van der Waals surface area (Å²) >= 11 is 0. The number of nitrogens with one attached hydrogen (secondary N) is 3. The van der Waals surface area contributed by atoms with E-state index in [0.717, 1.165) is 52.1 Å². The van der Waals surface area contributed by atoms with Crippen LogP contribution in [0.15, 0.2) is 72.8 Å². The zero-order valence-electron chi connectivity index (χ0n) is 27.5. The van der Waals surface area contributed by atoms with E-state index < -0.39 is 6.29 Å². The van der Waals surface area contributed by atoms with Crippen LogP contribution in [0.4, 0.5) is 10.6 Å². The van der Waals surface area contributed by atoms with Crippen LogP contribution in [0.1, 0.15) is 67.7 Å². The summed E-state index contributed by atoms with van der Waals surface area (Å²) < 4.78 is 28.9. The van der Waals surface area contributed by atoms with Crippen LogP contribution in [-0.4, -0.2) is 54.7 Å². The number of benzene rings is 3. The van der Waals surface area contributed by atoms with E-state index in [-0.39, 0.29) is 36.5 Å². The lowest BCUT2D eigenvalue weighted by molar-refractivity contribution is -0.115. The van der Waals surface area contributed by atoms with Gasteiger partial charge in [-0.05, 0) is 73.6 Å². The maximum Gasteiger partial charge on any atom is 0.407 e. The molecule has 0 spiro atoms. The standard InChI is InChI=1S/C37H42N4O7/c1-23(2)38-37(43)48-29-16-13-27(20-29)31-21-33(41-40-31)39-34(42)19-24-7-11-26(12-8-24)30-5-4-6-32(35(30)36-45-17-18-46-36)47-22-25-9-14-28(44-3)15-10-25/h4-12,14-15,21,23,27,29,36H,13,16-20,22H2,1-3H3,(H,38,43)(H2,39,40,41,42)/t27-,29+/m0/s1. The maximum atomic E-state index is 12.9. The molecule has 1 saturated carbocycles. The van der Waals surface area contributed by atoms with Gasteiger partial charge in [0.1, 0.15) is 24.2 Å². The summed E-state index contributed by atoms with van der Waals surface area (Å²) in [5.41, 5.74) is 5.53. The fourth-order valence-corrected chi connectivity index (χ4v) is 6.11. The van der Waals surface area contributed by atoms with Crippen molar-refractivity contribution in [2.75, 3.05) is 25.6 Å². The summed E-state index contributed by atoms with van der Waals surface area (Å²) in [5, 5.41) is 13.0. The summed E-state index contributed by atoms with van der Waals surface area (Å²) in [6.45, 7) is 5.19. The van der Waals surface area contributed by atoms with Gasteiger partial charge in [-0.2, -0.15) is 5.10 Å². The van der Waals surface area contributed by atoms with Crippen molar-refractivity contribution in [2.45, 2.75) is 70.5 Å². The fourth-order valence-electron chi connectivity index (χ4n) is 6.11. The SMILES string of the molecule is COc1ccc(COc2cccc(-c3ccc(CC(=O)Nc4cc([C@H]5CC[C@@H](OC(=O)NC(C)C)C5)[nH]n4)cc3)c2C2OCCO2)cc1. The van der Waals surface area contributed by atoms with Gasteiger partial charge in [-0.3, -0.25) is 9.89 Å². The van der Waals surface area contributed by atoms with Gasteiger partial charge >= 0.3 is 6.09 Å². The van der Waals surface area contributed by atoms with Gasteiger partial charge in [0.25, 0.3) is 0 Å². The van der Waals surface area contributed by atoms with Crippen molar-refractivity contribution in [1.29, 1.82) is 0 Å². The molecule has 1 aliphatic heterocycles. The van der Waals surface area contributed by atoms with Crippen LogP contribution in [0.2, 0.25) is 0 Å². The van der Waals surface area contributed by atoms with Gasteiger partial charge < -0.3 is 34.3 Å². The fraction of sp³-hybridized carbons (Fsp3) is 0.378. The lowest BCUT2D eigenvalue weighted by Crippen LogP contribution is -2.33. The topological polar surface area (TPSA) is 133 Å². The number of alkyl carbamates (subject to hydrolysis) is 1. The van der Waals surface area contributed by atoms with E-state index >= 15 is 0 Å². The summed E-state index contributed by atoms with van der Waals surface area (Å²) in [7, 11) is 1.64. The molecule has 1 aromatic heterocycles. The van der Waals surface area contributed by atoms with Crippen LogP contribution < -0.4 is 20.1 Å². The average molecular weight is 655 g/mol. The monoisotopic (exact) mass is 654 g/mol. The molecule has 2 fully saturated rings. The number of ether oxygens (including phenoxy) is 5. The van der Waals surface area contributed by atoms with Gasteiger partial charge in [0, 0.05) is 23.7 Å². The minimum absolute atomic E-state index is 0.0278. The Hall–Kier alpha value is -4.87. The number of nitrogens with zero attached hydrogens (tertiary/aromatic N) is 1. The molecule has 4 aromatic rings. The number of carbonyl (C=O) groups is 2. The second-order valence-corrected chi connectivity index (χ2v) is 12.4. The largest absolute Gasteiger partial charge is 0.497 e. The second kappa shape index (κ2) is 15.4. The van der Waals surface area contributed by atoms with Gasteiger partial charge in [0.05, 0.1) is 32.3 Å². The molecule has 3 aromatic carbocycles. The molecule has 11 nitrogen and oxygen atoms in total. The number of anilines is 1. The third-order valence-corrected chi connectivity index (χ3v) is 8.48. The molecule has 0 radical (unpaired) electrons. The van der Waals surface area contributed by atoms with E-state index in [1.807, 2.05) is 86.6 Å². The highest BCUT2D eigenvalue weighted by molar-refractivity contribution is 5.91. The lowest BCUT2D eigenvalue weighted by atomic mass is 9.97. The molecule has 1 saturated heterocycles. The predicted octanol–water partition coefficient (Wildman–Crippen LogP) is 6.66. The highest BCUT2D eigenvalue weighted by Crippen LogP contribution is 2.40. The zero-order chi connectivity index (χ0) is 33.5. The maximum absolute atomic E-state index is 12.9. The Morgan fingerprint density at radius 2 is 1.73 bits per heavy atom. The molecular formula is C37H42N4O7. The highest BCUT2D eigenvalue weighted by atomic mass is 16.7. The number of methoxy groups -OCH3 is 1. The molecule has 2 aliphatic rings. The first-order chi connectivity index (χ1) is 23.3. The van der Waals surface area contributed by atoms with E-state index in [2.05, 4.69) is 20.8 Å². The molecule has 0 bridgehead atoms. The summed E-state index contributed by atoms with van der Waals surface area (Å²) in [6, 6.07) is 23.5. The summed E-state index contributed by atoms with van der Waals surface area (Å²) in [4.78, 5) is 24.9. The van der Waals surface area contributed by atoms with E-state index in [0.29, 0.717) is 37.8 Å². The molecule has 6 rings (SSSR count). The number of rotatable bonds is 12. The van der Waals surface area contributed by atoms with Crippen LogP contribution >= 0.6 is 0 Å². The predicted molar refractivity (Wildman–Crippen MR) is 180 cm³/mol. The van der Waals surface area contributed by atoms with Crippen LogP contribution in [0.3, 0.4) is 0 Å². The van der Waals surface area contributed by atoms with Crippen LogP contribution in [0.25, 0.3) is 11.1 Å². The van der Waals surface area contributed by atoms with Gasteiger partial charge in [-0.1, -0.05) is 48.5 Å². The van der Waals surface area contributed by atoms with Crippen molar-refractivity contribution < 1.29 is 33.3 Å². The second-order valence-electron chi connectivity index (χ2n) is 12.4.